The van der Waals surface area contributed by atoms with Gasteiger partial charge in [0.05, 0.1) is 12.2 Å². The van der Waals surface area contributed by atoms with Crippen molar-refractivity contribution in [1.29, 1.82) is 0 Å². The minimum absolute atomic E-state index is 0.439. The van der Waals surface area contributed by atoms with Crippen LogP contribution in [0.5, 0.6) is 5.75 Å². The maximum atomic E-state index is 11.0. The van der Waals surface area contributed by atoms with Crippen LogP contribution in [0.15, 0.2) is 24.3 Å². The highest BCUT2D eigenvalue weighted by Gasteiger charge is 2.07. The molecule has 0 aliphatic carbocycles. The summed E-state index contributed by atoms with van der Waals surface area (Å²) >= 11 is 1.69. The molecule has 2 N–H and O–H groups in total. The van der Waals surface area contributed by atoms with E-state index in [1.807, 2.05) is 12.3 Å². The zero-order valence-electron chi connectivity index (χ0n) is 8.03. The third kappa shape index (κ3) is 2.96. The number of benzene rings is 1. The smallest absolute Gasteiger partial charge is 0.252 e. The molecule has 76 valence electrons. The second kappa shape index (κ2) is 5.54. The van der Waals surface area contributed by atoms with E-state index in [1.165, 1.54) is 0 Å². The van der Waals surface area contributed by atoms with E-state index in [4.69, 9.17) is 10.5 Å². The number of para-hydroxylation sites is 1. The number of thioether (sulfide) groups is 1. The molecule has 1 aromatic carbocycles. The predicted octanol–water partition coefficient (Wildman–Crippen LogP) is 1.53. The van der Waals surface area contributed by atoms with Gasteiger partial charge in [-0.05, 0) is 18.4 Å². The van der Waals surface area contributed by atoms with Crippen LogP contribution in [-0.4, -0.2) is 24.5 Å². The maximum absolute atomic E-state index is 11.0. The normalized spacial score (nSPS) is 9.79. The van der Waals surface area contributed by atoms with Crippen molar-refractivity contribution in [3.8, 4) is 5.75 Å². The highest BCUT2D eigenvalue weighted by atomic mass is 32.2. The van der Waals surface area contributed by atoms with Crippen LogP contribution in [0.25, 0.3) is 0 Å². The number of ether oxygens (including phenoxy) is 1. The number of carbonyl (C=O) groups is 1. The molecule has 1 aromatic rings. The monoisotopic (exact) mass is 211 g/mol. The summed E-state index contributed by atoms with van der Waals surface area (Å²) in [6.45, 7) is 0.589. The summed E-state index contributed by atoms with van der Waals surface area (Å²) in [5.41, 5.74) is 5.63. The fourth-order valence-electron chi connectivity index (χ4n) is 1.03. The fraction of sp³-hybridized carbons (Fsp3) is 0.300. The minimum atomic E-state index is -0.454. The highest BCUT2D eigenvalue weighted by Crippen LogP contribution is 2.17. The first-order chi connectivity index (χ1) is 6.75. The predicted molar refractivity (Wildman–Crippen MR) is 58.8 cm³/mol. The van der Waals surface area contributed by atoms with Gasteiger partial charge in [0.15, 0.2) is 0 Å². The van der Waals surface area contributed by atoms with E-state index in [1.54, 1.807) is 30.0 Å². The van der Waals surface area contributed by atoms with Crippen molar-refractivity contribution in [3.05, 3.63) is 29.8 Å². The van der Waals surface area contributed by atoms with Gasteiger partial charge in [0.1, 0.15) is 5.75 Å². The van der Waals surface area contributed by atoms with E-state index in [0.717, 1.165) is 5.75 Å². The lowest BCUT2D eigenvalue weighted by molar-refractivity contribution is 0.0996. The zero-order chi connectivity index (χ0) is 10.4. The van der Waals surface area contributed by atoms with Crippen LogP contribution in [0.4, 0.5) is 0 Å². The molecule has 0 atom stereocenters. The van der Waals surface area contributed by atoms with E-state index in [0.29, 0.717) is 17.9 Å². The standard InChI is InChI=1S/C10H13NO2S/c1-14-7-6-13-9-5-3-2-4-8(9)10(11)12/h2-5H,6-7H2,1H3,(H2,11,12). The fourth-order valence-corrected chi connectivity index (χ4v) is 1.28. The zero-order valence-corrected chi connectivity index (χ0v) is 8.84. The summed E-state index contributed by atoms with van der Waals surface area (Å²) in [5, 5.41) is 0. The van der Waals surface area contributed by atoms with Crippen LogP contribution in [0.1, 0.15) is 10.4 Å². The van der Waals surface area contributed by atoms with E-state index in [9.17, 15) is 4.79 Å². The molecule has 0 heterocycles. The molecular formula is C10H13NO2S. The molecule has 0 aliphatic rings. The molecule has 0 aliphatic heterocycles. The van der Waals surface area contributed by atoms with Crippen molar-refractivity contribution < 1.29 is 9.53 Å². The lowest BCUT2D eigenvalue weighted by Crippen LogP contribution is -2.13. The molecule has 0 spiro atoms. The molecular weight excluding hydrogens is 198 g/mol. The Morgan fingerprint density at radius 1 is 1.50 bits per heavy atom. The Labute approximate surface area is 87.6 Å². The third-order valence-electron chi connectivity index (χ3n) is 1.70. The van der Waals surface area contributed by atoms with Gasteiger partial charge in [-0.1, -0.05) is 12.1 Å². The van der Waals surface area contributed by atoms with Crippen molar-refractivity contribution in [2.75, 3.05) is 18.6 Å². The average molecular weight is 211 g/mol. The SMILES string of the molecule is CSCCOc1ccccc1C(N)=O. The number of hydrogen-bond donors (Lipinski definition) is 1. The molecule has 14 heavy (non-hydrogen) atoms. The van der Waals surface area contributed by atoms with Crippen LogP contribution >= 0.6 is 11.8 Å². The molecule has 4 heteroatoms. The number of primary amides is 1. The molecule has 0 radical (unpaired) electrons. The average Bonchev–Trinajstić information content (AvgIpc) is 2.19. The Bertz CT molecular complexity index is 315. The van der Waals surface area contributed by atoms with Crippen molar-refractivity contribution in [3.63, 3.8) is 0 Å². The number of hydrogen-bond acceptors (Lipinski definition) is 3. The number of rotatable bonds is 5. The van der Waals surface area contributed by atoms with Gasteiger partial charge < -0.3 is 10.5 Å². The Kier molecular flexibility index (Phi) is 4.32. The van der Waals surface area contributed by atoms with E-state index in [-0.39, 0.29) is 0 Å². The van der Waals surface area contributed by atoms with Crippen LogP contribution in [0.3, 0.4) is 0 Å². The molecule has 0 fully saturated rings. The molecule has 0 saturated carbocycles. The molecule has 1 amide bonds. The van der Waals surface area contributed by atoms with Gasteiger partial charge in [0.25, 0.3) is 5.91 Å². The maximum Gasteiger partial charge on any atom is 0.252 e. The number of nitrogens with two attached hydrogens (primary N) is 1. The summed E-state index contributed by atoms with van der Waals surface area (Å²) in [7, 11) is 0. The van der Waals surface area contributed by atoms with Crippen LogP contribution in [-0.2, 0) is 0 Å². The number of carbonyl (C=O) groups excluding carboxylic acids is 1. The van der Waals surface area contributed by atoms with Gasteiger partial charge >= 0.3 is 0 Å². The molecule has 1 rings (SSSR count). The first kappa shape index (κ1) is 10.9. The first-order valence-corrected chi connectivity index (χ1v) is 5.65. The largest absolute Gasteiger partial charge is 0.492 e. The van der Waals surface area contributed by atoms with Gasteiger partial charge in [0, 0.05) is 5.75 Å². The molecule has 0 bridgehead atoms. The van der Waals surface area contributed by atoms with Crippen molar-refractivity contribution in [2.24, 2.45) is 5.73 Å². The summed E-state index contributed by atoms with van der Waals surface area (Å²) in [4.78, 5) is 11.0. The summed E-state index contributed by atoms with van der Waals surface area (Å²) in [5.74, 6) is 1.01. The molecule has 3 nitrogen and oxygen atoms in total. The van der Waals surface area contributed by atoms with Gasteiger partial charge in [0.2, 0.25) is 0 Å². The van der Waals surface area contributed by atoms with Gasteiger partial charge in [-0.2, -0.15) is 11.8 Å². The first-order valence-electron chi connectivity index (χ1n) is 4.26. The molecule has 0 unspecified atom stereocenters. The Hall–Kier alpha value is -1.16. The number of amides is 1. The van der Waals surface area contributed by atoms with Crippen molar-refractivity contribution >= 4 is 17.7 Å². The molecule has 0 aromatic heterocycles. The van der Waals surface area contributed by atoms with E-state index >= 15 is 0 Å². The van der Waals surface area contributed by atoms with Gasteiger partial charge in [-0.3, -0.25) is 4.79 Å². The Balaban J connectivity index is 2.69. The quantitative estimate of drug-likeness (QED) is 0.751. The van der Waals surface area contributed by atoms with Crippen LogP contribution in [0.2, 0.25) is 0 Å². The summed E-state index contributed by atoms with van der Waals surface area (Å²) < 4.78 is 5.42. The van der Waals surface area contributed by atoms with E-state index < -0.39 is 5.91 Å². The Morgan fingerprint density at radius 2 is 2.21 bits per heavy atom. The molecule has 0 saturated heterocycles. The lowest BCUT2D eigenvalue weighted by Gasteiger charge is -2.07. The van der Waals surface area contributed by atoms with Crippen LogP contribution < -0.4 is 10.5 Å². The van der Waals surface area contributed by atoms with E-state index in [2.05, 4.69) is 0 Å². The van der Waals surface area contributed by atoms with Gasteiger partial charge in [-0.15, -0.1) is 0 Å². The van der Waals surface area contributed by atoms with Gasteiger partial charge in [-0.25, -0.2) is 0 Å². The second-order valence-corrected chi connectivity index (χ2v) is 3.69. The Morgan fingerprint density at radius 3 is 2.86 bits per heavy atom. The second-order valence-electron chi connectivity index (χ2n) is 2.70. The third-order valence-corrected chi connectivity index (χ3v) is 2.27. The topological polar surface area (TPSA) is 52.3 Å². The summed E-state index contributed by atoms with van der Waals surface area (Å²) in [6, 6.07) is 7.00. The minimum Gasteiger partial charge on any atom is -0.492 e. The van der Waals surface area contributed by atoms with Crippen molar-refractivity contribution in [2.45, 2.75) is 0 Å². The summed E-state index contributed by atoms with van der Waals surface area (Å²) in [6.07, 6.45) is 2.00. The van der Waals surface area contributed by atoms with Crippen LogP contribution in [0, 0.1) is 0 Å². The lowest BCUT2D eigenvalue weighted by atomic mass is 10.2. The highest BCUT2D eigenvalue weighted by molar-refractivity contribution is 7.98. The van der Waals surface area contributed by atoms with Crippen molar-refractivity contribution in [1.82, 2.24) is 0 Å².